The molecule has 0 N–H and O–H groups in total. The average molecular weight is 379 g/mol. The van der Waals surface area contributed by atoms with Crippen LogP contribution in [0.5, 0.6) is 0 Å². The lowest BCUT2D eigenvalue weighted by Crippen LogP contribution is -2.25. The van der Waals surface area contributed by atoms with Crippen molar-refractivity contribution in [3.05, 3.63) is 143 Å². The van der Waals surface area contributed by atoms with Gasteiger partial charge in [-0.25, -0.2) is 0 Å². The van der Waals surface area contributed by atoms with Crippen molar-refractivity contribution < 1.29 is 0 Å². The third kappa shape index (κ3) is 2.47. The number of benzene rings is 4. The van der Waals surface area contributed by atoms with Crippen LogP contribution in [0.4, 0.5) is 0 Å². The van der Waals surface area contributed by atoms with Gasteiger partial charge in [-0.1, -0.05) is 121 Å². The van der Waals surface area contributed by atoms with Crippen LogP contribution >= 0.6 is 11.8 Å². The first-order valence-electron chi connectivity index (χ1n) is 9.71. The number of thioether (sulfide) groups is 1. The molecule has 5 rings (SSSR count). The molecule has 1 heterocycles. The molecule has 1 atom stereocenters. The molecule has 0 nitrogen and oxygen atoms in total. The summed E-state index contributed by atoms with van der Waals surface area (Å²) in [5, 5.41) is 0. The summed E-state index contributed by atoms with van der Waals surface area (Å²) in [4.78, 5) is 0. The van der Waals surface area contributed by atoms with E-state index in [1.54, 1.807) is 0 Å². The van der Waals surface area contributed by atoms with E-state index in [0.29, 0.717) is 0 Å². The maximum Gasteiger partial charge on any atom is 0.0899 e. The lowest BCUT2D eigenvalue weighted by atomic mass is 9.74. The van der Waals surface area contributed by atoms with Crippen molar-refractivity contribution >= 4 is 11.8 Å². The minimum atomic E-state index is -0.134. The van der Waals surface area contributed by atoms with Crippen LogP contribution < -0.4 is 0 Å². The van der Waals surface area contributed by atoms with Crippen LogP contribution in [0, 0.1) is 6.92 Å². The van der Waals surface area contributed by atoms with E-state index in [4.69, 9.17) is 0 Å². The molecule has 0 bridgehead atoms. The van der Waals surface area contributed by atoms with E-state index < -0.39 is 0 Å². The summed E-state index contributed by atoms with van der Waals surface area (Å²) >= 11 is 2.05. The molecule has 0 aromatic heterocycles. The third-order valence-corrected chi connectivity index (χ3v) is 7.72. The van der Waals surface area contributed by atoms with Gasteiger partial charge in [0, 0.05) is 0 Å². The fourth-order valence-electron chi connectivity index (χ4n) is 4.39. The number of aryl methyl sites for hydroxylation is 1. The molecular weight excluding hydrogens is 356 g/mol. The zero-order chi connectivity index (χ0) is 19.0. The topological polar surface area (TPSA) is 0 Å². The molecular formula is C27H22S. The highest BCUT2D eigenvalue weighted by atomic mass is 32.2. The van der Waals surface area contributed by atoms with Crippen molar-refractivity contribution in [3.63, 3.8) is 0 Å². The van der Waals surface area contributed by atoms with Crippen molar-refractivity contribution in [2.24, 2.45) is 0 Å². The highest BCUT2D eigenvalue weighted by Gasteiger charge is 2.72. The molecule has 1 heteroatoms. The molecule has 0 radical (unpaired) electrons. The number of hydrogen-bond acceptors (Lipinski definition) is 1. The summed E-state index contributed by atoms with van der Waals surface area (Å²) in [7, 11) is 0. The monoisotopic (exact) mass is 378 g/mol. The smallest absolute Gasteiger partial charge is 0.0899 e. The Bertz CT molecular complexity index is 1030. The van der Waals surface area contributed by atoms with Crippen LogP contribution in [0.2, 0.25) is 0 Å². The second kappa shape index (κ2) is 6.68. The number of hydrogen-bond donors (Lipinski definition) is 0. The van der Waals surface area contributed by atoms with Gasteiger partial charge in [-0.05, 0) is 29.2 Å². The Morgan fingerprint density at radius 1 is 0.429 bits per heavy atom. The summed E-state index contributed by atoms with van der Waals surface area (Å²) in [6.07, 6.45) is 0. The van der Waals surface area contributed by atoms with E-state index in [1.165, 1.54) is 27.8 Å². The van der Waals surface area contributed by atoms with Crippen molar-refractivity contribution in [3.8, 4) is 0 Å². The standard InChI is InChI=1S/C27H22S/c1-21-17-19-25(20-18-21)27(24-15-9-4-10-16-24)26(28-27,22-11-5-2-6-12-22)23-13-7-3-8-14-23/h2-20H,1H3. The quantitative estimate of drug-likeness (QED) is 0.347. The van der Waals surface area contributed by atoms with Gasteiger partial charge in [-0.3, -0.25) is 0 Å². The van der Waals surface area contributed by atoms with Gasteiger partial charge in [0.25, 0.3) is 0 Å². The highest BCUT2D eigenvalue weighted by molar-refractivity contribution is 8.09. The molecule has 4 aromatic rings. The van der Waals surface area contributed by atoms with Crippen LogP contribution in [0.15, 0.2) is 115 Å². The minimum absolute atomic E-state index is 0.133. The van der Waals surface area contributed by atoms with E-state index in [9.17, 15) is 0 Å². The predicted molar refractivity (Wildman–Crippen MR) is 120 cm³/mol. The fraction of sp³-hybridized carbons (Fsp3) is 0.111. The van der Waals surface area contributed by atoms with Crippen molar-refractivity contribution in [2.45, 2.75) is 16.4 Å². The molecule has 0 spiro atoms. The molecule has 28 heavy (non-hydrogen) atoms. The molecule has 0 saturated carbocycles. The van der Waals surface area contributed by atoms with E-state index in [2.05, 4.69) is 122 Å². The molecule has 1 unspecified atom stereocenters. The minimum Gasteiger partial charge on any atom is -0.125 e. The van der Waals surface area contributed by atoms with Crippen molar-refractivity contribution in [1.82, 2.24) is 0 Å². The van der Waals surface area contributed by atoms with E-state index in [-0.39, 0.29) is 9.49 Å². The molecule has 0 amide bonds. The molecule has 136 valence electrons. The summed E-state index contributed by atoms with van der Waals surface area (Å²) in [6.45, 7) is 2.15. The van der Waals surface area contributed by atoms with E-state index >= 15 is 0 Å². The van der Waals surface area contributed by atoms with Crippen LogP contribution in [-0.2, 0) is 9.49 Å². The van der Waals surface area contributed by atoms with Gasteiger partial charge in [0.15, 0.2) is 0 Å². The van der Waals surface area contributed by atoms with Gasteiger partial charge in [0.2, 0.25) is 0 Å². The molecule has 0 aliphatic carbocycles. The largest absolute Gasteiger partial charge is 0.125 e. The Labute approximate surface area is 171 Å². The molecule has 1 aliphatic rings. The van der Waals surface area contributed by atoms with Gasteiger partial charge in [-0.2, -0.15) is 0 Å². The molecule has 1 saturated heterocycles. The first-order valence-corrected chi connectivity index (χ1v) is 10.5. The first-order chi connectivity index (χ1) is 13.8. The fourth-order valence-corrected chi connectivity index (χ4v) is 6.29. The van der Waals surface area contributed by atoms with Gasteiger partial charge in [0.1, 0.15) is 0 Å². The van der Waals surface area contributed by atoms with Gasteiger partial charge in [0.05, 0.1) is 9.49 Å². The zero-order valence-electron chi connectivity index (χ0n) is 15.9. The van der Waals surface area contributed by atoms with Gasteiger partial charge < -0.3 is 0 Å². The lowest BCUT2D eigenvalue weighted by Gasteiger charge is -2.26. The Hall–Kier alpha value is -2.77. The second-order valence-electron chi connectivity index (χ2n) is 7.43. The summed E-state index contributed by atoms with van der Waals surface area (Å²) in [5.41, 5.74) is 6.73. The molecule has 1 fully saturated rings. The Kier molecular flexibility index (Phi) is 4.14. The number of rotatable bonds is 4. The van der Waals surface area contributed by atoms with Crippen LogP contribution in [0.3, 0.4) is 0 Å². The van der Waals surface area contributed by atoms with Crippen molar-refractivity contribution in [2.75, 3.05) is 0 Å². The normalized spacial score (nSPS) is 19.9. The van der Waals surface area contributed by atoms with E-state index in [1.807, 2.05) is 11.8 Å². The van der Waals surface area contributed by atoms with E-state index in [0.717, 1.165) is 0 Å². The van der Waals surface area contributed by atoms with Crippen LogP contribution in [0.25, 0.3) is 0 Å². The van der Waals surface area contributed by atoms with Crippen LogP contribution in [0.1, 0.15) is 27.8 Å². The zero-order valence-corrected chi connectivity index (χ0v) is 16.7. The SMILES string of the molecule is Cc1ccc(C2(c3ccccc3)SC2(c2ccccc2)c2ccccc2)cc1. The average Bonchev–Trinajstić information content (AvgIpc) is 3.49. The van der Waals surface area contributed by atoms with Gasteiger partial charge >= 0.3 is 0 Å². The second-order valence-corrected chi connectivity index (χ2v) is 8.86. The van der Waals surface area contributed by atoms with Crippen molar-refractivity contribution in [1.29, 1.82) is 0 Å². The Morgan fingerprint density at radius 3 is 1.11 bits per heavy atom. The summed E-state index contributed by atoms with van der Waals surface area (Å²) in [5.74, 6) is 0. The lowest BCUT2D eigenvalue weighted by molar-refractivity contribution is 0.690. The predicted octanol–water partition coefficient (Wildman–Crippen LogP) is 6.93. The first kappa shape index (κ1) is 17.3. The Balaban J connectivity index is 1.81. The van der Waals surface area contributed by atoms with Gasteiger partial charge in [-0.15, -0.1) is 11.8 Å². The Morgan fingerprint density at radius 2 is 0.750 bits per heavy atom. The van der Waals surface area contributed by atoms with Crippen LogP contribution in [-0.4, -0.2) is 0 Å². The maximum absolute atomic E-state index is 2.31. The summed E-state index contributed by atoms with van der Waals surface area (Å²) < 4.78 is -0.267. The summed E-state index contributed by atoms with van der Waals surface area (Å²) in [6, 6.07) is 42.0. The third-order valence-electron chi connectivity index (χ3n) is 5.76. The maximum atomic E-state index is 2.31. The highest BCUT2D eigenvalue weighted by Crippen LogP contribution is 2.80. The molecule has 4 aromatic carbocycles. The molecule has 1 aliphatic heterocycles.